The Kier molecular flexibility index (Phi) is 7.70. The zero-order valence-electron chi connectivity index (χ0n) is 20.9. The molecule has 1 saturated heterocycles. The number of nitrogen functional groups attached to an aromatic ring is 1. The van der Waals surface area contributed by atoms with Crippen molar-refractivity contribution in [1.29, 1.82) is 0 Å². The van der Waals surface area contributed by atoms with E-state index >= 15 is 0 Å². The fourth-order valence-electron chi connectivity index (χ4n) is 4.23. The van der Waals surface area contributed by atoms with Crippen molar-refractivity contribution in [1.82, 2.24) is 15.2 Å². The number of thioether (sulfide) groups is 1. The second kappa shape index (κ2) is 11.4. The summed E-state index contributed by atoms with van der Waals surface area (Å²) in [4.78, 5) is 60.0. The normalized spacial score (nSPS) is 18.8. The number of nitrogens with one attached hydrogen (secondary N) is 1. The number of oxazole rings is 1. The molecule has 1 fully saturated rings. The molecule has 2 atom stereocenters. The average molecular weight is 588 g/mol. The number of ether oxygens (including phenoxy) is 1. The first-order valence-corrected chi connectivity index (χ1v) is 13.8. The number of pyridine rings is 1. The van der Waals surface area contributed by atoms with E-state index in [1.165, 1.54) is 16.7 Å². The number of carbonyl (C=O) groups excluding carboxylic acids is 3. The monoisotopic (exact) mass is 587 g/mol. The number of carboxylic acid groups (broad SMARTS) is 1. The van der Waals surface area contributed by atoms with Gasteiger partial charge in [0.15, 0.2) is 24.7 Å². The third kappa shape index (κ3) is 5.35. The lowest BCUT2D eigenvalue weighted by Crippen LogP contribution is -2.71. The molecule has 14 nitrogen and oxygen atoms in total. The number of nitrogens with zero attached hydrogens (tertiary/aromatic N) is 4. The van der Waals surface area contributed by atoms with Gasteiger partial charge in [-0.05, 0) is 18.4 Å². The van der Waals surface area contributed by atoms with Crippen molar-refractivity contribution in [2.45, 2.75) is 24.9 Å². The van der Waals surface area contributed by atoms with Crippen molar-refractivity contribution in [2.75, 3.05) is 24.7 Å². The van der Waals surface area contributed by atoms with Crippen molar-refractivity contribution in [3.8, 4) is 0 Å². The van der Waals surface area contributed by atoms with Gasteiger partial charge in [0.05, 0.1) is 11.3 Å². The third-order valence-electron chi connectivity index (χ3n) is 5.99. The molecule has 5 heterocycles. The molecule has 0 saturated carbocycles. The molecule has 208 valence electrons. The van der Waals surface area contributed by atoms with Crippen molar-refractivity contribution >= 4 is 68.7 Å². The van der Waals surface area contributed by atoms with Crippen LogP contribution in [0.25, 0.3) is 10.1 Å². The van der Waals surface area contributed by atoms with Gasteiger partial charge in [0.1, 0.15) is 29.1 Å². The molecule has 2 aliphatic rings. The van der Waals surface area contributed by atoms with Crippen LogP contribution < -0.4 is 15.6 Å². The molecule has 0 bridgehead atoms. The number of fused-ring (bicyclic) bond motifs is 2. The summed E-state index contributed by atoms with van der Waals surface area (Å²) in [6.07, 6.45) is 4.86. The highest BCUT2D eigenvalue weighted by atomic mass is 32.2. The molecule has 2 amide bonds. The van der Waals surface area contributed by atoms with Gasteiger partial charge in [-0.25, -0.2) is 9.59 Å². The van der Waals surface area contributed by atoms with Gasteiger partial charge in [0.2, 0.25) is 6.61 Å². The number of aromatic nitrogens is 2. The van der Waals surface area contributed by atoms with Crippen LogP contribution in [0.5, 0.6) is 0 Å². The number of rotatable bonds is 10. The minimum absolute atomic E-state index is 0.0908. The zero-order chi connectivity index (χ0) is 28.4. The van der Waals surface area contributed by atoms with Crippen LogP contribution in [-0.2, 0) is 35.3 Å². The van der Waals surface area contributed by atoms with Gasteiger partial charge in [-0.1, -0.05) is 5.16 Å². The molecule has 0 aromatic carbocycles. The maximum atomic E-state index is 13.1. The van der Waals surface area contributed by atoms with Crippen LogP contribution in [0.15, 0.2) is 57.0 Å². The number of amides is 2. The highest BCUT2D eigenvalue weighted by molar-refractivity contribution is 8.00. The molecule has 0 radical (unpaired) electrons. The number of oxime groups is 1. The zero-order valence-corrected chi connectivity index (χ0v) is 22.6. The molecule has 0 spiro atoms. The Bertz CT molecular complexity index is 1560. The van der Waals surface area contributed by atoms with Gasteiger partial charge in [-0.15, -0.1) is 23.1 Å². The minimum Gasteiger partial charge on any atom is -0.477 e. The highest BCUT2D eigenvalue weighted by Crippen LogP contribution is 2.40. The Labute approximate surface area is 234 Å². The summed E-state index contributed by atoms with van der Waals surface area (Å²) in [6.45, 7) is 1.48. The Morgan fingerprint density at radius 1 is 1.38 bits per heavy atom. The molecule has 3 aromatic rings. The second-order valence-corrected chi connectivity index (χ2v) is 10.6. The first-order valence-electron chi connectivity index (χ1n) is 11.9. The molecule has 0 aliphatic carbocycles. The lowest BCUT2D eigenvalue weighted by molar-refractivity contribution is -0.687. The lowest BCUT2D eigenvalue weighted by Gasteiger charge is -2.49. The number of thiophene rings is 1. The van der Waals surface area contributed by atoms with E-state index < -0.39 is 47.5 Å². The fourth-order valence-corrected chi connectivity index (χ4v) is 6.39. The second-order valence-electron chi connectivity index (χ2n) is 8.56. The van der Waals surface area contributed by atoms with Gasteiger partial charge in [0, 0.05) is 22.8 Å². The van der Waals surface area contributed by atoms with Crippen molar-refractivity contribution < 1.29 is 42.8 Å². The van der Waals surface area contributed by atoms with Crippen molar-refractivity contribution in [3.05, 3.63) is 53.1 Å². The number of hydrogen-bond donors (Lipinski definition) is 3. The summed E-state index contributed by atoms with van der Waals surface area (Å²) in [7, 11) is 0. The number of nitrogens with two attached hydrogens (primary N) is 1. The highest BCUT2D eigenvalue weighted by Gasteiger charge is 2.54. The fraction of sp³-hybridized carbons (Fsp3) is 0.292. The topological polar surface area (TPSA) is 191 Å². The summed E-state index contributed by atoms with van der Waals surface area (Å²) in [5.74, 6) is -3.05. The maximum Gasteiger partial charge on any atom is 0.352 e. The Morgan fingerprint density at radius 3 is 2.92 bits per heavy atom. The summed E-state index contributed by atoms with van der Waals surface area (Å²) in [6, 6.07) is 2.67. The quantitative estimate of drug-likeness (QED) is 0.0983. The van der Waals surface area contributed by atoms with Gasteiger partial charge in [-0.2, -0.15) is 9.55 Å². The van der Waals surface area contributed by atoms with E-state index in [1.807, 2.05) is 34.5 Å². The molecular formula is C24H23N6O8S2+. The Morgan fingerprint density at radius 2 is 2.20 bits per heavy atom. The first kappa shape index (κ1) is 27.1. The number of aliphatic carboxylic acids is 1. The molecular weight excluding hydrogens is 564 g/mol. The van der Waals surface area contributed by atoms with E-state index in [1.54, 1.807) is 18.3 Å². The molecule has 2 aliphatic heterocycles. The number of β-lactam (4-membered cyclic amide) rings is 1. The van der Waals surface area contributed by atoms with E-state index in [9.17, 15) is 24.3 Å². The van der Waals surface area contributed by atoms with Crippen LogP contribution in [0.2, 0.25) is 0 Å². The minimum atomic E-state index is -1.23. The predicted molar refractivity (Wildman–Crippen MR) is 142 cm³/mol. The largest absolute Gasteiger partial charge is 0.477 e. The molecule has 16 heteroatoms. The summed E-state index contributed by atoms with van der Waals surface area (Å²) in [5, 5.41) is 18.6. The molecule has 3 aromatic heterocycles. The van der Waals surface area contributed by atoms with E-state index in [4.69, 9.17) is 19.7 Å². The van der Waals surface area contributed by atoms with Crippen LogP contribution in [0, 0.1) is 0 Å². The van der Waals surface area contributed by atoms with Crippen LogP contribution in [0.3, 0.4) is 0 Å². The van der Waals surface area contributed by atoms with Gasteiger partial charge >= 0.3 is 11.9 Å². The van der Waals surface area contributed by atoms with Crippen LogP contribution >= 0.6 is 23.1 Å². The van der Waals surface area contributed by atoms with E-state index in [0.29, 0.717) is 11.3 Å². The van der Waals surface area contributed by atoms with Gasteiger partial charge in [-0.3, -0.25) is 14.5 Å². The molecule has 1 unspecified atom stereocenters. The van der Waals surface area contributed by atoms with E-state index in [-0.39, 0.29) is 30.6 Å². The van der Waals surface area contributed by atoms with E-state index in [2.05, 4.69) is 15.5 Å². The Balaban J connectivity index is 1.32. The summed E-state index contributed by atoms with van der Waals surface area (Å²) < 4.78 is 12.6. The average Bonchev–Trinajstić information content (AvgIpc) is 3.57. The number of anilines is 1. The molecule has 4 N–H and O–H groups in total. The van der Waals surface area contributed by atoms with Gasteiger partial charge < -0.3 is 30.1 Å². The maximum absolute atomic E-state index is 13.1. The van der Waals surface area contributed by atoms with E-state index in [0.717, 1.165) is 16.3 Å². The summed E-state index contributed by atoms with van der Waals surface area (Å²) >= 11 is 2.91. The smallest absolute Gasteiger partial charge is 0.352 e. The van der Waals surface area contributed by atoms with Crippen molar-refractivity contribution in [2.24, 2.45) is 5.16 Å². The van der Waals surface area contributed by atoms with Crippen molar-refractivity contribution in [3.63, 3.8) is 0 Å². The first-order chi connectivity index (χ1) is 19.3. The number of esters is 1. The number of hydrogen-bond acceptors (Lipinski definition) is 12. The van der Waals surface area contributed by atoms with Crippen LogP contribution in [0.1, 0.15) is 12.6 Å². The number of carbonyl (C=O) groups is 4. The lowest BCUT2D eigenvalue weighted by atomic mass is 10.0. The standard InChI is InChI=1S/C24H22N6O8S2/c1-2-36-16(31)10-38-28-17(14-9-37-24(25)26-14)20(32)27-18-21(33)30-19(23(34)35)13(11-40-22(18)30)7-29-5-3-12-4-6-39-15(12)8-29/h3-6,8-9,18,22H,2,7,10-11H2,1H3,(H3-,25,26,27,32,34,35)/p+1/b28-17+/t18?,22-/m1/s1. The SMILES string of the molecule is CCOC(=O)CO/N=C(/C(=O)NC1C(=O)N2C(C(=O)O)=C(C[n+]3ccc4ccsc4c3)CS[C@H]12)c1coc(N)n1. The van der Waals surface area contributed by atoms with Gasteiger partial charge in [0.25, 0.3) is 17.8 Å². The number of carboxylic acids is 1. The Hall–Kier alpha value is -4.44. The van der Waals surface area contributed by atoms with Crippen LogP contribution in [0.4, 0.5) is 6.01 Å². The molecule has 5 rings (SSSR count). The molecule has 40 heavy (non-hydrogen) atoms. The summed E-state index contributed by atoms with van der Waals surface area (Å²) in [5.41, 5.74) is 5.49. The predicted octanol–water partition coefficient (Wildman–Crippen LogP) is 0.482. The third-order valence-corrected chi connectivity index (χ3v) is 8.20. The van der Waals surface area contributed by atoms with Crippen LogP contribution in [-0.4, -0.2) is 74.8 Å².